The van der Waals surface area contributed by atoms with Gasteiger partial charge in [0, 0.05) is 18.7 Å². The maximum absolute atomic E-state index is 12.8. The second-order valence-corrected chi connectivity index (χ2v) is 8.27. The fourth-order valence-electron chi connectivity index (χ4n) is 1.90. The zero-order chi connectivity index (χ0) is 16.0. The van der Waals surface area contributed by atoms with E-state index in [1.54, 1.807) is 4.31 Å². The van der Waals surface area contributed by atoms with Gasteiger partial charge in [-0.3, -0.25) is 5.10 Å². The molecule has 0 aromatic carbocycles. The van der Waals surface area contributed by atoms with Crippen molar-refractivity contribution in [3.8, 4) is 0 Å². The largest absolute Gasteiger partial charge is 0.266 e. The molecule has 0 aliphatic carbocycles. The van der Waals surface area contributed by atoms with E-state index in [0.29, 0.717) is 30.5 Å². The normalized spacial score (nSPS) is 12.8. The van der Waals surface area contributed by atoms with Crippen LogP contribution in [0.15, 0.2) is 11.2 Å². The van der Waals surface area contributed by atoms with Gasteiger partial charge in [0.05, 0.1) is 12.1 Å². The van der Waals surface area contributed by atoms with Crippen molar-refractivity contribution >= 4 is 21.6 Å². The fraction of sp³-hybridized carbons (Fsp3) is 0.786. The first-order chi connectivity index (χ1) is 9.78. The number of hydrogen-bond donors (Lipinski definition) is 1. The third kappa shape index (κ3) is 5.27. The quantitative estimate of drug-likeness (QED) is 0.704. The molecule has 1 rings (SSSR count). The number of halogens is 1. The first-order valence-electron chi connectivity index (χ1n) is 7.37. The first kappa shape index (κ1) is 18.5. The minimum absolute atomic E-state index is 0.130. The molecule has 5 nitrogen and oxygen atoms in total. The zero-order valence-corrected chi connectivity index (χ0v) is 14.8. The summed E-state index contributed by atoms with van der Waals surface area (Å²) in [6, 6.07) is 0. The van der Waals surface area contributed by atoms with Crippen LogP contribution in [0.2, 0.25) is 0 Å². The number of rotatable bonds is 9. The maximum Gasteiger partial charge on any atom is 0.260 e. The molecule has 0 saturated heterocycles. The van der Waals surface area contributed by atoms with Crippen LogP contribution in [0.1, 0.15) is 46.1 Å². The van der Waals surface area contributed by atoms with Crippen molar-refractivity contribution in [1.82, 2.24) is 14.5 Å². The Morgan fingerprint density at radius 2 is 1.71 bits per heavy atom. The molecule has 0 amide bonds. The Balaban J connectivity index is 2.98. The summed E-state index contributed by atoms with van der Waals surface area (Å²) in [5.74, 6) is 1.04. The highest BCUT2D eigenvalue weighted by atomic mass is 35.5. The molecular formula is C14H26ClN3O2S. The maximum atomic E-state index is 12.8. The number of sulfonamides is 1. The van der Waals surface area contributed by atoms with Gasteiger partial charge >= 0.3 is 0 Å². The monoisotopic (exact) mass is 335 g/mol. The number of H-pyrrole nitrogens is 1. The third-order valence-corrected chi connectivity index (χ3v) is 5.53. The molecule has 1 N–H and O–H groups in total. The standard InChI is InChI=1S/C14H26ClN3O2S/c1-11(2)5-7-18(8-6-12(3)4)21(19,20)14-13(9-15)10-16-17-14/h10-12H,5-9H2,1-4H3,(H,16,17). The van der Waals surface area contributed by atoms with Gasteiger partial charge in [0.2, 0.25) is 0 Å². The van der Waals surface area contributed by atoms with Gasteiger partial charge in [0.15, 0.2) is 5.03 Å². The lowest BCUT2D eigenvalue weighted by atomic mass is 10.1. The lowest BCUT2D eigenvalue weighted by Crippen LogP contribution is -2.34. The molecule has 0 saturated carbocycles. The number of aromatic nitrogens is 2. The van der Waals surface area contributed by atoms with E-state index in [1.807, 2.05) is 0 Å². The van der Waals surface area contributed by atoms with Gasteiger partial charge in [-0.1, -0.05) is 27.7 Å². The van der Waals surface area contributed by atoms with Crippen LogP contribution in [0.3, 0.4) is 0 Å². The van der Waals surface area contributed by atoms with Gasteiger partial charge in [0.25, 0.3) is 10.0 Å². The Bertz CT molecular complexity index is 514. The molecule has 0 fully saturated rings. The minimum atomic E-state index is -3.56. The molecule has 122 valence electrons. The molecular weight excluding hydrogens is 310 g/mol. The van der Waals surface area contributed by atoms with E-state index < -0.39 is 10.0 Å². The lowest BCUT2D eigenvalue weighted by molar-refractivity contribution is 0.355. The van der Waals surface area contributed by atoms with Crippen LogP contribution in [0.25, 0.3) is 0 Å². The summed E-state index contributed by atoms with van der Waals surface area (Å²) in [7, 11) is -3.56. The van der Waals surface area contributed by atoms with Crippen LogP contribution < -0.4 is 0 Å². The first-order valence-corrected chi connectivity index (χ1v) is 9.34. The summed E-state index contributed by atoms with van der Waals surface area (Å²) in [5, 5.41) is 6.54. The summed E-state index contributed by atoms with van der Waals surface area (Å²) in [4.78, 5) is 0. The van der Waals surface area contributed by atoms with Crippen LogP contribution in [0, 0.1) is 11.8 Å². The van der Waals surface area contributed by atoms with Crippen molar-refractivity contribution in [2.24, 2.45) is 11.8 Å². The van der Waals surface area contributed by atoms with Crippen LogP contribution in [-0.2, 0) is 15.9 Å². The van der Waals surface area contributed by atoms with Crippen molar-refractivity contribution < 1.29 is 8.42 Å². The second-order valence-electron chi connectivity index (χ2n) is 6.13. The van der Waals surface area contributed by atoms with Crippen molar-refractivity contribution in [2.45, 2.75) is 51.4 Å². The highest BCUT2D eigenvalue weighted by Crippen LogP contribution is 2.21. The van der Waals surface area contributed by atoms with Crippen LogP contribution in [0.4, 0.5) is 0 Å². The Morgan fingerprint density at radius 1 is 1.19 bits per heavy atom. The van der Waals surface area contributed by atoms with E-state index in [4.69, 9.17) is 11.6 Å². The smallest absolute Gasteiger partial charge is 0.260 e. The van der Waals surface area contributed by atoms with Gasteiger partial charge in [-0.05, 0) is 24.7 Å². The van der Waals surface area contributed by atoms with Crippen molar-refractivity contribution in [2.75, 3.05) is 13.1 Å². The number of nitrogens with zero attached hydrogens (tertiary/aromatic N) is 2. The van der Waals surface area contributed by atoms with Gasteiger partial charge in [-0.15, -0.1) is 11.6 Å². The van der Waals surface area contributed by atoms with Gasteiger partial charge < -0.3 is 0 Å². The molecule has 0 radical (unpaired) electrons. The molecule has 7 heteroatoms. The predicted octanol–water partition coefficient (Wildman–Crippen LogP) is 3.23. The Hall–Kier alpha value is -0.590. The van der Waals surface area contributed by atoms with Gasteiger partial charge in [-0.2, -0.15) is 9.40 Å². The summed E-state index contributed by atoms with van der Waals surface area (Å²) < 4.78 is 27.1. The van der Waals surface area contributed by atoms with E-state index in [-0.39, 0.29) is 10.9 Å². The molecule has 0 aliphatic rings. The summed E-state index contributed by atoms with van der Waals surface area (Å²) in [5.41, 5.74) is 0.524. The average Bonchev–Trinajstić information content (AvgIpc) is 2.86. The number of nitrogens with one attached hydrogen (secondary N) is 1. The van der Waals surface area contributed by atoms with Gasteiger partial charge in [0.1, 0.15) is 0 Å². The average molecular weight is 336 g/mol. The van der Waals surface area contributed by atoms with E-state index in [2.05, 4.69) is 37.9 Å². The topological polar surface area (TPSA) is 66.1 Å². The lowest BCUT2D eigenvalue weighted by Gasteiger charge is -2.23. The Kier molecular flexibility index (Phi) is 7.16. The highest BCUT2D eigenvalue weighted by molar-refractivity contribution is 7.89. The molecule has 0 aliphatic heterocycles. The van der Waals surface area contributed by atoms with E-state index in [0.717, 1.165) is 12.8 Å². The van der Waals surface area contributed by atoms with E-state index >= 15 is 0 Å². The highest BCUT2D eigenvalue weighted by Gasteiger charge is 2.28. The molecule has 0 bridgehead atoms. The van der Waals surface area contributed by atoms with Crippen molar-refractivity contribution in [3.63, 3.8) is 0 Å². The van der Waals surface area contributed by atoms with Gasteiger partial charge in [-0.25, -0.2) is 8.42 Å². The van der Waals surface area contributed by atoms with E-state index in [1.165, 1.54) is 6.20 Å². The Morgan fingerprint density at radius 3 is 2.14 bits per heavy atom. The number of hydrogen-bond acceptors (Lipinski definition) is 3. The summed E-state index contributed by atoms with van der Waals surface area (Å²) in [6.07, 6.45) is 3.15. The number of alkyl halides is 1. The fourth-order valence-corrected chi connectivity index (χ4v) is 3.76. The molecule has 0 atom stereocenters. The molecule has 1 aromatic rings. The zero-order valence-electron chi connectivity index (χ0n) is 13.3. The second kappa shape index (κ2) is 8.15. The molecule has 1 heterocycles. The molecule has 1 aromatic heterocycles. The van der Waals surface area contributed by atoms with Crippen LogP contribution in [-0.4, -0.2) is 36.0 Å². The molecule has 21 heavy (non-hydrogen) atoms. The Labute approximate surface area is 133 Å². The third-order valence-electron chi connectivity index (χ3n) is 3.33. The summed E-state index contributed by atoms with van der Waals surface area (Å²) >= 11 is 5.80. The van der Waals surface area contributed by atoms with Crippen molar-refractivity contribution in [1.29, 1.82) is 0 Å². The van der Waals surface area contributed by atoms with Crippen molar-refractivity contribution in [3.05, 3.63) is 11.8 Å². The minimum Gasteiger partial charge on any atom is -0.266 e. The van der Waals surface area contributed by atoms with Crippen LogP contribution >= 0.6 is 11.6 Å². The predicted molar refractivity (Wildman–Crippen MR) is 85.8 cm³/mol. The number of aromatic amines is 1. The SMILES string of the molecule is CC(C)CCN(CCC(C)C)S(=O)(=O)c1[nH]ncc1CCl. The molecule has 0 spiro atoms. The summed E-state index contributed by atoms with van der Waals surface area (Å²) in [6.45, 7) is 9.41. The molecule has 0 unspecified atom stereocenters. The van der Waals surface area contributed by atoms with E-state index in [9.17, 15) is 8.42 Å². The van der Waals surface area contributed by atoms with Crippen LogP contribution in [0.5, 0.6) is 0 Å².